The molecule has 0 aromatic rings. The van der Waals surface area contributed by atoms with Gasteiger partial charge in [0.25, 0.3) is 0 Å². The van der Waals surface area contributed by atoms with Crippen LogP contribution < -0.4 is 0 Å². The highest BCUT2D eigenvalue weighted by Crippen LogP contribution is 2.16. The van der Waals surface area contributed by atoms with Gasteiger partial charge in [0.1, 0.15) is 0 Å². The van der Waals surface area contributed by atoms with Crippen LogP contribution in [-0.4, -0.2) is 18.5 Å². The van der Waals surface area contributed by atoms with E-state index in [4.69, 9.17) is 9.47 Å². The number of hydrogen-bond donors (Lipinski definition) is 0. The zero-order valence-corrected chi connectivity index (χ0v) is 5.55. The van der Waals surface area contributed by atoms with E-state index in [-0.39, 0.29) is 18.5 Å². The van der Waals surface area contributed by atoms with Gasteiger partial charge in [-0.1, -0.05) is 0 Å². The van der Waals surface area contributed by atoms with Crippen LogP contribution in [0.3, 0.4) is 0 Å². The van der Waals surface area contributed by atoms with Gasteiger partial charge in [0.05, 0.1) is 12.2 Å². The van der Waals surface area contributed by atoms with E-state index in [1.165, 1.54) is 0 Å². The van der Waals surface area contributed by atoms with E-state index in [2.05, 4.69) is 0 Å². The summed E-state index contributed by atoms with van der Waals surface area (Å²) < 4.78 is 10.5. The third-order valence-electron chi connectivity index (χ3n) is 1.47. The molecule has 1 fully saturated rings. The fourth-order valence-corrected chi connectivity index (χ4v) is 0.858. The molecule has 0 N–H and O–H groups in total. The smallest absolute Gasteiger partial charge is 0.155 e. The minimum Gasteiger partial charge on any atom is -0.347 e. The van der Waals surface area contributed by atoms with Crippen molar-refractivity contribution < 1.29 is 9.47 Å². The van der Waals surface area contributed by atoms with Gasteiger partial charge < -0.3 is 9.47 Å². The fraction of sp³-hybridized carbons (Fsp3) is 1.00. The van der Waals surface area contributed by atoms with Crippen LogP contribution in [0.2, 0.25) is 0 Å². The lowest BCUT2D eigenvalue weighted by Gasteiger charge is -2.02. The first kappa shape index (κ1) is 6.05. The van der Waals surface area contributed by atoms with Crippen LogP contribution in [0.4, 0.5) is 0 Å². The second-order valence-electron chi connectivity index (χ2n) is 2.25. The largest absolute Gasteiger partial charge is 0.347 e. The maximum absolute atomic E-state index is 5.25. The Morgan fingerprint density at radius 1 is 0.875 bits per heavy atom. The first-order chi connectivity index (χ1) is 3.70. The number of ether oxygens (including phenoxy) is 2. The van der Waals surface area contributed by atoms with E-state index < -0.39 is 0 Å². The second-order valence-corrected chi connectivity index (χ2v) is 2.25. The monoisotopic (exact) mass is 116 g/mol. The van der Waals surface area contributed by atoms with Crippen molar-refractivity contribution in [3.8, 4) is 0 Å². The number of rotatable bonds is 0. The van der Waals surface area contributed by atoms with Gasteiger partial charge in [0.2, 0.25) is 0 Å². The standard InChI is InChI=1S/C6H12O2/c1-4-5(2)8-6(3)7-4/h4-6H,1-3H3. The Hall–Kier alpha value is -0.0800. The molecule has 48 valence electrons. The van der Waals surface area contributed by atoms with Crippen molar-refractivity contribution in [2.24, 2.45) is 0 Å². The van der Waals surface area contributed by atoms with Crippen molar-refractivity contribution in [2.75, 3.05) is 0 Å². The Morgan fingerprint density at radius 3 is 1.38 bits per heavy atom. The molecule has 2 nitrogen and oxygen atoms in total. The molecular weight excluding hydrogens is 104 g/mol. The molecule has 2 atom stereocenters. The van der Waals surface area contributed by atoms with Crippen LogP contribution in [0.15, 0.2) is 0 Å². The molecule has 0 bridgehead atoms. The number of hydrogen-bond acceptors (Lipinski definition) is 2. The average molecular weight is 116 g/mol. The molecule has 0 amide bonds. The lowest BCUT2D eigenvalue weighted by molar-refractivity contribution is -0.0470. The lowest BCUT2D eigenvalue weighted by Crippen LogP contribution is -2.13. The highest BCUT2D eigenvalue weighted by atomic mass is 16.7. The summed E-state index contributed by atoms with van der Waals surface area (Å²) in [6, 6.07) is 0. The van der Waals surface area contributed by atoms with Crippen molar-refractivity contribution >= 4 is 0 Å². The zero-order chi connectivity index (χ0) is 6.15. The van der Waals surface area contributed by atoms with Gasteiger partial charge >= 0.3 is 0 Å². The van der Waals surface area contributed by atoms with Crippen LogP contribution in [0.5, 0.6) is 0 Å². The highest BCUT2D eigenvalue weighted by molar-refractivity contribution is 4.66. The minimum absolute atomic E-state index is 0.000000000000000222. The van der Waals surface area contributed by atoms with E-state index in [0.29, 0.717) is 0 Å². The summed E-state index contributed by atoms with van der Waals surface area (Å²) in [7, 11) is 0. The Morgan fingerprint density at radius 2 is 1.25 bits per heavy atom. The Bertz CT molecular complexity index is 72.6. The third kappa shape index (κ3) is 1.01. The lowest BCUT2D eigenvalue weighted by atomic mass is 10.3. The van der Waals surface area contributed by atoms with Gasteiger partial charge in [0.15, 0.2) is 6.29 Å². The molecular formula is C6H12O2. The van der Waals surface area contributed by atoms with Crippen molar-refractivity contribution in [3.63, 3.8) is 0 Å². The van der Waals surface area contributed by atoms with Crippen LogP contribution in [-0.2, 0) is 9.47 Å². The van der Waals surface area contributed by atoms with Crippen LogP contribution in [0.1, 0.15) is 20.8 Å². The maximum Gasteiger partial charge on any atom is 0.155 e. The molecule has 1 aliphatic rings. The van der Waals surface area contributed by atoms with Gasteiger partial charge in [-0.25, -0.2) is 0 Å². The van der Waals surface area contributed by atoms with Gasteiger partial charge in [-0.05, 0) is 20.8 Å². The van der Waals surface area contributed by atoms with E-state index in [9.17, 15) is 0 Å². The van der Waals surface area contributed by atoms with E-state index in [1.54, 1.807) is 0 Å². The van der Waals surface area contributed by atoms with Crippen molar-refractivity contribution in [3.05, 3.63) is 0 Å². The molecule has 0 aromatic carbocycles. The second kappa shape index (κ2) is 2.03. The summed E-state index contributed by atoms with van der Waals surface area (Å²) in [6.45, 7) is 5.96. The van der Waals surface area contributed by atoms with Crippen LogP contribution in [0.25, 0.3) is 0 Å². The fourth-order valence-electron chi connectivity index (χ4n) is 0.858. The Labute approximate surface area is 49.8 Å². The first-order valence-corrected chi connectivity index (χ1v) is 3.01. The Balaban J connectivity index is 2.39. The SMILES string of the molecule is CC1OC(C)C(C)O1. The zero-order valence-electron chi connectivity index (χ0n) is 5.55. The maximum atomic E-state index is 5.25. The normalized spacial score (nSPS) is 47.6. The highest BCUT2D eigenvalue weighted by Gasteiger charge is 2.25. The molecule has 2 unspecified atom stereocenters. The predicted molar refractivity (Wildman–Crippen MR) is 30.6 cm³/mol. The summed E-state index contributed by atoms with van der Waals surface area (Å²) in [5.74, 6) is 0. The molecule has 1 aliphatic heterocycles. The summed E-state index contributed by atoms with van der Waals surface area (Å²) in [5.41, 5.74) is 0. The third-order valence-corrected chi connectivity index (χ3v) is 1.47. The Kier molecular flexibility index (Phi) is 1.54. The summed E-state index contributed by atoms with van der Waals surface area (Å²) in [5, 5.41) is 0. The summed E-state index contributed by atoms with van der Waals surface area (Å²) in [4.78, 5) is 0. The quantitative estimate of drug-likeness (QED) is 0.472. The van der Waals surface area contributed by atoms with Gasteiger partial charge in [0, 0.05) is 0 Å². The topological polar surface area (TPSA) is 18.5 Å². The molecule has 0 radical (unpaired) electrons. The molecule has 1 heterocycles. The molecule has 1 rings (SSSR count). The van der Waals surface area contributed by atoms with Crippen LogP contribution in [0, 0.1) is 0 Å². The molecule has 8 heavy (non-hydrogen) atoms. The predicted octanol–water partition coefficient (Wildman–Crippen LogP) is 1.16. The van der Waals surface area contributed by atoms with E-state index in [0.717, 1.165) is 0 Å². The van der Waals surface area contributed by atoms with Gasteiger partial charge in [-0.15, -0.1) is 0 Å². The minimum atomic E-state index is -0.000000000000000222. The van der Waals surface area contributed by atoms with Crippen molar-refractivity contribution in [2.45, 2.75) is 39.3 Å². The van der Waals surface area contributed by atoms with Gasteiger partial charge in [-0.2, -0.15) is 0 Å². The first-order valence-electron chi connectivity index (χ1n) is 3.01. The molecule has 1 saturated heterocycles. The van der Waals surface area contributed by atoms with Crippen molar-refractivity contribution in [1.29, 1.82) is 0 Å². The average Bonchev–Trinajstić information content (AvgIpc) is 1.85. The van der Waals surface area contributed by atoms with E-state index in [1.807, 2.05) is 20.8 Å². The molecule has 0 aromatic heterocycles. The molecule has 0 spiro atoms. The molecule has 0 aliphatic carbocycles. The van der Waals surface area contributed by atoms with E-state index >= 15 is 0 Å². The molecule has 0 saturated carbocycles. The summed E-state index contributed by atoms with van der Waals surface area (Å²) >= 11 is 0. The van der Waals surface area contributed by atoms with Crippen molar-refractivity contribution in [1.82, 2.24) is 0 Å². The summed E-state index contributed by atoms with van der Waals surface area (Å²) in [6.07, 6.45) is 0.537. The van der Waals surface area contributed by atoms with Crippen LogP contribution >= 0.6 is 0 Å². The molecule has 2 heteroatoms. The van der Waals surface area contributed by atoms with Gasteiger partial charge in [-0.3, -0.25) is 0 Å².